The predicted octanol–water partition coefficient (Wildman–Crippen LogP) is 3.22. The van der Waals surface area contributed by atoms with E-state index in [9.17, 15) is 4.79 Å². The monoisotopic (exact) mass is 260 g/mol. The molecule has 3 nitrogen and oxygen atoms in total. The number of rotatable bonds is 6. The zero-order chi connectivity index (χ0) is 14.3. The number of ketones is 1. The molecule has 19 heavy (non-hydrogen) atoms. The molecule has 0 heterocycles. The fraction of sp³-hybridized carbons (Fsp3) is 0.312. The van der Waals surface area contributed by atoms with Gasteiger partial charge in [-0.15, -0.1) is 0 Å². The summed E-state index contributed by atoms with van der Waals surface area (Å²) >= 11 is 0. The van der Waals surface area contributed by atoms with Crippen molar-refractivity contribution in [2.45, 2.75) is 19.6 Å². The van der Waals surface area contributed by atoms with Crippen molar-refractivity contribution in [3.05, 3.63) is 59.7 Å². The SMILES string of the molecule is CC=CC=C(C)C(=O)C(OC)(OC)c1ccccc1. The Labute approximate surface area is 114 Å². The molecule has 0 atom stereocenters. The molecule has 0 unspecified atom stereocenters. The van der Waals surface area contributed by atoms with E-state index in [4.69, 9.17) is 9.47 Å². The third-order valence-corrected chi connectivity index (χ3v) is 2.92. The molecule has 0 radical (unpaired) electrons. The zero-order valence-electron chi connectivity index (χ0n) is 11.8. The second kappa shape index (κ2) is 7.02. The van der Waals surface area contributed by atoms with Crippen LogP contribution in [-0.4, -0.2) is 20.0 Å². The Kier molecular flexibility index (Phi) is 5.67. The molecule has 0 fully saturated rings. The van der Waals surface area contributed by atoms with Crippen LogP contribution in [0.2, 0.25) is 0 Å². The van der Waals surface area contributed by atoms with Crippen molar-refractivity contribution in [1.29, 1.82) is 0 Å². The lowest BCUT2D eigenvalue weighted by atomic mass is 9.96. The molecule has 102 valence electrons. The Balaban J connectivity index is 3.24. The number of allylic oxidation sites excluding steroid dienone is 3. The number of carbonyl (C=O) groups excluding carboxylic acids is 1. The van der Waals surface area contributed by atoms with Gasteiger partial charge in [0.1, 0.15) is 0 Å². The van der Waals surface area contributed by atoms with Crippen LogP contribution in [0, 0.1) is 0 Å². The van der Waals surface area contributed by atoms with E-state index < -0.39 is 5.79 Å². The highest BCUT2D eigenvalue weighted by Gasteiger charge is 2.41. The van der Waals surface area contributed by atoms with Crippen LogP contribution in [0.3, 0.4) is 0 Å². The van der Waals surface area contributed by atoms with Crippen LogP contribution in [0.25, 0.3) is 0 Å². The molecule has 0 saturated heterocycles. The molecular weight excluding hydrogens is 240 g/mol. The van der Waals surface area contributed by atoms with Gasteiger partial charge in [0, 0.05) is 19.8 Å². The fourth-order valence-electron chi connectivity index (χ4n) is 1.87. The summed E-state index contributed by atoms with van der Waals surface area (Å²) < 4.78 is 10.8. The van der Waals surface area contributed by atoms with Crippen molar-refractivity contribution in [3.63, 3.8) is 0 Å². The van der Waals surface area contributed by atoms with Gasteiger partial charge in [-0.05, 0) is 19.4 Å². The summed E-state index contributed by atoms with van der Waals surface area (Å²) in [6, 6.07) is 9.20. The van der Waals surface area contributed by atoms with Gasteiger partial charge in [0.15, 0.2) is 0 Å². The molecule has 3 heteroatoms. The first kappa shape index (κ1) is 15.3. The molecule has 0 bridgehead atoms. The van der Waals surface area contributed by atoms with Crippen LogP contribution < -0.4 is 0 Å². The summed E-state index contributed by atoms with van der Waals surface area (Å²) in [5, 5.41) is 0. The molecule has 0 aliphatic heterocycles. The fourth-order valence-corrected chi connectivity index (χ4v) is 1.87. The first-order valence-electron chi connectivity index (χ1n) is 6.12. The summed E-state index contributed by atoms with van der Waals surface area (Å²) in [7, 11) is 2.94. The summed E-state index contributed by atoms with van der Waals surface area (Å²) in [6.07, 6.45) is 5.42. The van der Waals surface area contributed by atoms with Crippen molar-refractivity contribution < 1.29 is 14.3 Å². The lowest BCUT2D eigenvalue weighted by Gasteiger charge is -2.29. The van der Waals surface area contributed by atoms with E-state index in [0.717, 1.165) is 0 Å². The second-order valence-electron chi connectivity index (χ2n) is 4.10. The van der Waals surface area contributed by atoms with Crippen molar-refractivity contribution in [1.82, 2.24) is 0 Å². The molecule has 0 saturated carbocycles. The maximum atomic E-state index is 12.6. The van der Waals surface area contributed by atoms with E-state index in [2.05, 4.69) is 0 Å². The van der Waals surface area contributed by atoms with Crippen molar-refractivity contribution >= 4 is 5.78 Å². The molecule has 0 aromatic heterocycles. The topological polar surface area (TPSA) is 35.5 Å². The van der Waals surface area contributed by atoms with Crippen molar-refractivity contribution in [3.8, 4) is 0 Å². The van der Waals surface area contributed by atoms with E-state index in [1.807, 2.05) is 49.4 Å². The van der Waals surface area contributed by atoms with Crippen LogP contribution in [0.5, 0.6) is 0 Å². The van der Waals surface area contributed by atoms with E-state index in [1.54, 1.807) is 13.0 Å². The maximum Gasteiger partial charge on any atom is 0.260 e. The molecule has 0 amide bonds. The van der Waals surface area contributed by atoms with Crippen LogP contribution >= 0.6 is 0 Å². The van der Waals surface area contributed by atoms with E-state index in [0.29, 0.717) is 11.1 Å². The maximum absolute atomic E-state index is 12.6. The van der Waals surface area contributed by atoms with Gasteiger partial charge in [-0.25, -0.2) is 0 Å². The van der Waals surface area contributed by atoms with Gasteiger partial charge in [-0.2, -0.15) is 0 Å². The van der Waals surface area contributed by atoms with Crippen LogP contribution in [0.1, 0.15) is 19.4 Å². The van der Waals surface area contributed by atoms with Gasteiger partial charge in [-0.3, -0.25) is 4.79 Å². The van der Waals surface area contributed by atoms with E-state index in [1.165, 1.54) is 14.2 Å². The Morgan fingerprint density at radius 3 is 2.21 bits per heavy atom. The van der Waals surface area contributed by atoms with Gasteiger partial charge in [-0.1, -0.05) is 48.6 Å². The Morgan fingerprint density at radius 2 is 1.74 bits per heavy atom. The minimum Gasteiger partial charge on any atom is -0.343 e. The van der Waals surface area contributed by atoms with Gasteiger partial charge in [0.2, 0.25) is 5.78 Å². The highest BCUT2D eigenvalue weighted by Crippen LogP contribution is 2.29. The zero-order valence-corrected chi connectivity index (χ0v) is 11.8. The largest absolute Gasteiger partial charge is 0.343 e. The smallest absolute Gasteiger partial charge is 0.260 e. The second-order valence-corrected chi connectivity index (χ2v) is 4.10. The molecule has 0 aliphatic carbocycles. The lowest BCUT2D eigenvalue weighted by molar-refractivity contribution is -0.209. The summed E-state index contributed by atoms with van der Waals surface area (Å²) in [4.78, 5) is 12.6. The number of Topliss-reactive ketones (excluding diaryl/α,β-unsaturated/α-hetero) is 1. The van der Waals surface area contributed by atoms with E-state index in [-0.39, 0.29) is 5.78 Å². The number of hydrogen-bond acceptors (Lipinski definition) is 3. The molecule has 0 spiro atoms. The molecule has 1 rings (SSSR count). The van der Waals surface area contributed by atoms with Crippen LogP contribution in [0.15, 0.2) is 54.1 Å². The predicted molar refractivity (Wildman–Crippen MR) is 75.7 cm³/mol. The molecule has 0 N–H and O–H groups in total. The molecule has 1 aromatic rings. The van der Waals surface area contributed by atoms with Gasteiger partial charge in [0.05, 0.1) is 0 Å². The van der Waals surface area contributed by atoms with Crippen molar-refractivity contribution in [2.75, 3.05) is 14.2 Å². The number of benzene rings is 1. The third kappa shape index (κ3) is 3.19. The summed E-state index contributed by atoms with van der Waals surface area (Å²) in [5.74, 6) is -1.59. The summed E-state index contributed by atoms with van der Waals surface area (Å²) in [6.45, 7) is 3.64. The molecule has 1 aromatic carbocycles. The molecule has 0 aliphatic rings. The van der Waals surface area contributed by atoms with Gasteiger partial charge < -0.3 is 9.47 Å². The Bertz CT molecular complexity index is 468. The summed E-state index contributed by atoms with van der Waals surface area (Å²) in [5.41, 5.74) is 1.25. The third-order valence-electron chi connectivity index (χ3n) is 2.92. The normalized spacial score (nSPS) is 12.9. The van der Waals surface area contributed by atoms with Crippen molar-refractivity contribution in [2.24, 2.45) is 0 Å². The van der Waals surface area contributed by atoms with Crippen LogP contribution in [0.4, 0.5) is 0 Å². The van der Waals surface area contributed by atoms with Gasteiger partial charge in [0.25, 0.3) is 5.79 Å². The van der Waals surface area contributed by atoms with E-state index >= 15 is 0 Å². The average molecular weight is 260 g/mol. The van der Waals surface area contributed by atoms with Crippen LogP contribution in [-0.2, 0) is 20.1 Å². The number of hydrogen-bond donors (Lipinski definition) is 0. The quantitative estimate of drug-likeness (QED) is 0.447. The highest BCUT2D eigenvalue weighted by atomic mass is 16.7. The Morgan fingerprint density at radius 1 is 1.16 bits per heavy atom. The number of ether oxygens (including phenoxy) is 2. The minimum atomic E-state index is -1.39. The highest BCUT2D eigenvalue weighted by molar-refractivity contribution is 6.01. The standard InChI is InChI=1S/C16H20O3/c1-5-6-10-13(2)15(17)16(18-3,19-4)14-11-8-7-9-12-14/h5-12H,1-4H3. The molecular formula is C16H20O3. The minimum absolute atomic E-state index is 0.207. The number of methoxy groups -OCH3 is 2. The first-order valence-corrected chi connectivity index (χ1v) is 6.12. The lowest BCUT2D eigenvalue weighted by Crippen LogP contribution is -2.40. The average Bonchev–Trinajstić information content (AvgIpc) is 2.47. The first-order chi connectivity index (χ1) is 9.12. The number of carbonyl (C=O) groups is 1. The Hall–Kier alpha value is -1.71. The van der Waals surface area contributed by atoms with Gasteiger partial charge >= 0.3 is 0 Å².